The van der Waals surface area contributed by atoms with E-state index in [0.29, 0.717) is 18.0 Å². The molecule has 1 aromatic heterocycles. The Hall–Kier alpha value is -1.17. The molecule has 1 aliphatic rings. The molecular weight excluding hydrogens is 216 g/mol. The second-order valence-electron chi connectivity index (χ2n) is 4.54. The van der Waals surface area contributed by atoms with Gasteiger partial charge in [-0.3, -0.25) is 4.90 Å². The van der Waals surface area contributed by atoms with Crippen molar-refractivity contribution in [2.45, 2.75) is 32.0 Å². The Balaban J connectivity index is 1.95. The van der Waals surface area contributed by atoms with Crippen LogP contribution in [0.4, 0.5) is 5.82 Å². The van der Waals surface area contributed by atoms with Crippen molar-refractivity contribution in [1.82, 2.24) is 9.88 Å². The summed E-state index contributed by atoms with van der Waals surface area (Å²) in [6.07, 6.45) is 3.28. The Bertz CT molecular complexity index is 354. The van der Waals surface area contributed by atoms with Gasteiger partial charge in [0.2, 0.25) is 0 Å². The van der Waals surface area contributed by atoms with Crippen molar-refractivity contribution in [1.29, 1.82) is 0 Å². The number of aromatic nitrogens is 1. The quantitative estimate of drug-likeness (QED) is 0.602. The summed E-state index contributed by atoms with van der Waals surface area (Å²) in [7, 11) is 2.13. The lowest BCUT2D eigenvalue weighted by Gasteiger charge is -2.26. The number of hydrazine groups is 1. The highest BCUT2D eigenvalue weighted by Gasteiger charge is 2.27. The van der Waals surface area contributed by atoms with Gasteiger partial charge in [-0.1, -0.05) is 6.07 Å². The summed E-state index contributed by atoms with van der Waals surface area (Å²) in [4.78, 5) is 6.53. The van der Waals surface area contributed by atoms with Gasteiger partial charge in [-0.15, -0.1) is 0 Å². The monoisotopic (exact) mass is 236 g/mol. The van der Waals surface area contributed by atoms with Gasteiger partial charge >= 0.3 is 0 Å². The first kappa shape index (κ1) is 12.3. The Morgan fingerprint density at radius 1 is 1.59 bits per heavy atom. The molecule has 1 fully saturated rings. The molecule has 0 bridgehead atoms. The number of nitrogens with zero attached hydrogens (tertiary/aromatic N) is 2. The third-order valence-electron chi connectivity index (χ3n) is 3.31. The molecule has 2 heterocycles. The third-order valence-corrected chi connectivity index (χ3v) is 3.31. The second-order valence-corrected chi connectivity index (χ2v) is 4.54. The zero-order valence-corrected chi connectivity index (χ0v) is 10.4. The van der Waals surface area contributed by atoms with Crippen LogP contribution in [0.1, 0.15) is 18.9 Å². The van der Waals surface area contributed by atoms with Crippen molar-refractivity contribution in [3.05, 3.63) is 23.9 Å². The normalized spacial score (nSPS) is 24.2. The van der Waals surface area contributed by atoms with E-state index in [1.807, 2.05) is 18.3 Å². The van der Waals surface area contributed by atoms with Crippen LogP contribution in [-0.4, -0.2) is 35.7 Å². The van der Waals surface area contributed by atoms with Gasteiger partial charge in [0.25, 0.3) is 0 Å². The summed E-state index contributed by atoms with van der Waals surface area (Å²) in [6, 6.07) is 4.43. The number of pyridine rings is 1. The van der Waals surface area contributed by atoms with Gasteiger partial charge in [0, 0.05) is 25.4 Å². The largest absolute Gasteiger partial charge is 0.377 e. The second kappa shape index (κ2) is 5.44. The number of anilines is 1. The van der Waals surface area contributed by atoms with Gasteiger partial charge in [-0.05, 0) is 32.0 Å². The molecule has 0 spiro atoms. The fourth-order valence-electron chi connectivity index (χ4n) is 2.31. The number of hydrogen-bond acceptors (Lipinski definition) is 5. The van der Waals surface area contributed by atoms with Crippen molar-refractivity contribution in [3.8, 4) is 0 Å². The molecule has 0 radical (unpaired) electrons. The molecule has 1 saturated heterocycles. The van der Waals surface area contributed by atoms with Crippen molar-refractivity contribution in [3.63, 3.8) is 0 Å². The van der Waals surface area contributed by atoms with E-state index in [0.717, 1.165) is 19.6 Å². The van der Waals surface area contributed by atoms with Gasteiger partial charge in [-0.25, -0.2) is 10.8 Å². The van der Waals surface area contributed by atoms with Crippen molar-refractivity contribution in [2.24, 2.45) is 5.84 Å². The minimum atomic E-state index is 0.318. The van der Waals surface area contributed by atoms with Crippen molar-refractivity contribution < 1.29 is 4.74 Å². The Morgan fingerprint density at radius 2 is 2.41 bits per heavy atom. The number of nitrogens with one attached hydrogen (secondary N) is 1. The SMILES string of the molecule is CC1OCCC1N(C)Cc1ccc(NN)nc1. The zero-order chi connectivity index (χ0) is 12.3. The van der Waals surface area contributed by atoms with E-state index in [4.69, 9.17) is 10.6 Å². The summed E-state index contributed by atoms with van der Waals surface area (Å²) in [5, 5.41) is 0. The lowest BCUT2D eigenvalue weighted by atomic mass is 10.1. The minimum Gasteiger partial charge on any atom is -0.377 e. The van der Waals surface area contributed by atoms with Gasteiger partial charge < -0.3 is 10.2 Å². The average Bonchev–Trinajstić information content (AvgIpc) is 2.76. The van der Waals surface area contributed by atoms with E-state index in [-0.39, 0.29) is 0 Å². The van der Waals surface area contributed by atoms with Gasteiger partial charge in [-0.2, -0.15) is 0 Å². The molecule has 2 rings (SSSR count). The molecule has 2 unspecified atom stereocenters. The van der Waals surface area contributed by atoms with E-state index in [1.54, 1.807) is 0 Å². The molecule has 0 aromatic carbocycles. The topological polar surface area (TPSA) is 63.4 Å². The Labute approximate surface area is 102 Å². The van der Waals surface area contributed by atoms with Crippen LogP contribution < -0.4 is 11.3 Å². The summed E-state index contributed by atoms with van der Waals surface area (Å²) in [5.74, 6) is 5.97. The Kier molecular flexibility index (Phi) is 3.93. The first-order chi connectivity index (χ1) is 8.20. The standard InChI is InChI=1S/C12H20N4O/c1-9-11(5-6-17-9)16(2)8-10-3-4-12(15-13)14-7-10/h3-4,7,9,11H,5-6,8,13H2,1-2H3,(H,14,15). The van der Waals surface area contributed by atoms with Gasteiger partial charge in [0.1, 0.15) is 5.82 Å². The smallest absolute Gasteiger partial charge is 0.139 e. The molecule has 0 saturated carbocycles. The number of likely N-dealkylation sites (N-methyl/N-ethyl adjacent to an activating group) is 1. The lowest BCUT2D eigenvalue weighted by molar-refractivity contribution is 0.0814. The Morgan fingerprint density at radius 3 is 2.94 bits per heavy atom. The first-order valence-corrected chi connectivity index (χ1v) is 5.94. The van der Waals surface area contributed by atoms with E-state index in [2.05, 4.69) is 29.3 Å². The van der Waals surface area contributed by atoms with Crippen LogP contribution in [0.5, 0.6) is 0 Å². The molecule has 2 atom stereocenters. The minimum absolute atomic E-state index is 0.318. The molecule has 1 aliphatic heterocycles. The lowest BCUT2D eigenvalue weighted by Crippen LogP contribution is -2.36. The van der Waals surface area contributed by atoms with Crippen LogP contribution in [0, 0.1) is 0 Å². The molecule has 0 amide bonds. The predicted molar refractivity (Wildman–Crippen MR) is 67.3 cm³/mol. The highest BCUT2D eigenvalue weighted by atomic mass is 16.5. The maximum absolute atomic E-state index is 5.58. The molecule has 17 heavy (non-hydrogen) atoms. The average molecular weight is 236 g/mol. The number of rotatable bonds is 4. The fraction of sp³-hybridized carbons (Fsp3) is 0.583. The molecule has 94 valence electrons. The highest BCUT2D eigenvalue weighted by Crippen LogP contribution is 2.19. The van der Waals surface area contributed by atoms with Crippen LogP contribution in [-0.2, 0) is 11.3 Å². The van der Waals surface area contributed by atoms with Gasteiger partial charge in [0.15, 0.2) is 0 Å². The van der Waals surface area contributed by atoms with Gasteiger partial charge in [0.05, 0.1) is 6.10 Å². The van der Waals surface area contributed by atoms with Crippen LogP contribution in [0.15, 0.2) is 18.3 Å². The van der Waals surface area contributed by atoms with Crippen LogP contribution in [0.3, 0.4) is 0 Å². The maximum atomic E-state index is 5.58. The number of nitrogen functional groups attached to an aromatic ring is 1. The van der Waals surface area contributed by atoms with Crippen molar-refractivity contribution >= 4 is 5.82 Å². The van der Waals surface area contributed by atoms with E-state index in [9.17, 15) is 0 Å². The number of nitrogens with two attached hydrogens (primary N) is 1. The van der Waals surface area contributed by atoms with Crippen LogP contribution in [0.25, 0.3) is 0 Å². The van der Waals surface area contributed by atoms with Crippen molar-refractivity contribution in [2.75, 3.05) is 19.1 Å². The fourth-order valence-corrected chi connectivity index (χ4v) is 2.31. The highest BCUT2D eigenvalue weighted by molar-refractivity contribution is 5.33. The van der Waals surface area contributed by atoms with E-state index in [1.165, 1.54) is 5.56 Å². The summed E-state index contributed by atoms with van der Waals surface area (Å²) in [6.45, 7) is 3.88. The van der Waals surface area contributed by atoms with E-state index < -0.39 is 0 Å². The van der Waals surface area contributed by atoms with E-state index >= 15 is 0 Å². The zero-order valence-electron chi connectivity index (χ0n) is 10.4. The summed E-state index contributed by atoms with van der Waals surface area (Å²) >= 11 is 0. The number of ether oxygens (including phenoxy) is 1. The molecule has 5 heteroatoms. The predicted octanol–water partition coefficient (Wildman–Crippen LogP) is 0.976. The number of hydrogen-bond donors (Lipinski definition) is 2. The van der Waals surface area contributed by atoms with Crippen LogP contribution >= 0.6 is 0 Å². The van der Waals surface area contributed by atoms with Crippen LogP contribution in [0.2, 0.25) is 0 Å². The molecule has 5 nitrogen and oxygen atoms in total. The maximum Gasteiger partial charge on any atom is 0.139 e. The molecular formula is C12H20N4O. The summed E-state index contributed by atoms with van der Waals surface area (Å²) in [5.41, 5.74) is 3.71. The molecule has 0 aliphatic carbocycles. The third kappa shape index (κ3) is 2.94. The first-order valence-electron chi connectivity index (χ1n) is 5.94. The molecule has 3 N–H and O–H groups in total. The molecule has 1 aromatic rings. The summed E-state index contributed by atoms with van der Waals surface area (Å²) < 4.78 is 5.58.